The van der Waals surface area contributed by atoms with Gasteiger partial charge in [-0.3, -0.25) is 0 Å². The summed E-state index contributed by atoms with van der Waals surface area (Å²) in [5.74, 6) is 0. The second kappa shape index (κ2) is 5.43. The molecule has 1 aliphatic heterocycles. The molecule has 0 fully saturated rings. The van der Waals surface area contributed by atoms with Crippen LogP contribution in [-0.2, 0) is 4.87 Å². The van der Waals surface area contributed by atoms with Crippen molar-refractivity contribution < 1.29 is 0 Å². The van der Waals surface area contributed by atoms with Gasteiger partial charge in [0.25, 0.3) is 0 Å². The number of rotatable bonds is 1. The van der Waals surface area contributed by atoms with Crippen molar-refractivity contribution in [3.63, 3.8) is 0 Å². The van der Waals surface area contributed by atoms with Gasteiger partial charge in [-0.15, -0.1) is 0 Å². The molecule has 4 rings (SSSR count). The van der Waals surface area contributed by atoms with E-state index in [0.717, 1.165) is 5.56 Å². The topological polar surface area (TPSA) is 0 Å². The number of aryl methyl sites for hydroxylation is 1. The Labute approximate surface area is 146 Å². The third kappa shape index (κ3) is 2.12. The van der Waals surface area contributed by atoms with Gasteiger partial charge in [0.2, 0.25) is 0 Å². The molecule has 0 saturated carbocycles. The van der Waals surface area contributed by atoms with Crippen LogP contribution in [0.4, 0.5) is 0 Å². The summed E-state index contributed by atoms with van der Waals surface area (Å²) < 4.78 is 2.89. The van der Waals surface area contributed by atoms with Crippen LogP contribution in [0.5, 0.6) is 0 Å². The first kappa shape index (κ1) is 14.3. The molecule has 2 heteroatoms. The average Bonchev–Trinajstić information content (AvgIpc) is 2.56. The maximum atomic E-state index is 7.33. The summed E-state index contributed by atoms with van der Waals surface area (Å²) >= 11 is 6.96. The van der Waals surface area contributed by atoms with Crippen LogP contribution in [0.1, 0.15) is 22.3 Å². The Kier molecular flexibility index (Phi) is 3.54. The Balaban J connectivity index is 2.03. The molecule has 22 heavy (non-hydrogen) atoms. The van der Waals surface area contributed by atoms with Crippen LogP contribution in [0.15, 0.2) is 72.8 Å². The minimum absolute atomic E-state index is 0.370. The van der Waals surface area contributed by atoms with Crippen LogP contribution < -0.4 is 7.22 Å². The van der Waals surface area contributed by atoms with E-state index in [1.165, 1.54) is 23.9 Å². The van der Waals surface area contributed by atoms with Gasteiger partial charge >= 0.3 is 147 Å². The summed E-state index contributed by atoms with van der Waals surface area (Å²) in [5.41, 5.74) is 4.95. The zero-order valence-electron chi connectivity index (χ0n) is 12.2. The van der Waals surface area contributed by atoms with Crippen LogP contribution in [0.2, 0.25) is 0 Å². The second-order valence-corrected chi connectivity index (χ2v) is 9.28. The fourth-order valence-corrected chi connectivity index (χ4v) is 7.25. The zero-order chi connectivity index (χ0) is 15.2. The van der Waals surface area contributed by atoms with Gasteiger partial charge in [-0.05, 0) is 0 Å². The second-order valence-electron chi connectivity index (χ2n) is 5.62. The summed E-state index contributed by atoms with van der Waals surface area (Å²) in [7, 11) is 0. The number of hydrogen-bond donors (Lipinski definition) is 0. The van der Waals surface area contributed by atoms with Crippen molar-refractivity contribution in [2.75, 3.05) is 0 Å². The van der Waals surface area contributed by atoms with Gasteiger partial charge in [0.15, 0.2) is 0 Å². The molecule has 3 aromatic carbocycles. The van der Waals surface area contributed by atoms with Gasteiger partial charge in [0.1, 0.15) is 0 Å². The standard InChI is InChI=1S/C20H15ClTe/c1-14-10-12-15(13-11-14)20(21)16-6-2-4-8-18(16)22-19-9-5-3-7-17(19)20/h2-13H,1H3. The van der Waals surface area contributed by atoms with Crippen molar-refractivity contribution in [1.82, 2.24) is 0 Å². The van der Waals surface area contributed by atoms with Gasteiger partial charge in [-0.25, -0.2) is 0 Å². The Morgan fingerprint density at radius 3 is 1.77 bits per heavy atom. The Bertz CT molecular complexity index is 791. The van der Waals surface area contributed by atoms with Gasteiger partial charge < -0.3 is 0 Å². The molecule has 0 nitrogen and oxygen atoms in total. The molecular formula is C20H15ClTe. The van der Waals surface area contributed by atoms with Gasteiger partial charge in [-0.1, -0.05) is 0 Å². The van der Waals surface area contributed by atoms with E-state index in [1.54, 1.807) is 0 Å². The van der Waals surface area contributed by atoms with Crippen LogP contribution in [0.3, 0.4) is 0 Å². The van der Waals surface area contributed by atoms with Crippen molar-refractivity contribution in [3.8, 4) is 0 Å². The summed E-state index contributed by atoms with van der Waals surface area (Å²) in [6, 6.07) is 26.0. The first-order valence-electron chi connectivity index (χ1n) is 7.32. The fourth-order valence-electron chi connectivity index (χ4n) is 3.04. The summed E-state index contributed by atoms with van der Waals surface area (Å²) in [6.07, 6.45) is 0. The molecule has 108 valence electrons. The molecule has 0 aromatic heterocycles. The van der Waals surface area contributed by atoms with E-state index in [9.17, 15) is 0 Å². The van der Waals surface area contributed by atoms with Crippen molar-refractivity contribution in [2.24, 2.45) is 0 Å². The number of fused-ring (bicyclic) bond motifs is 2. The maximum absolute atomic E-state index is 7.33. The normalized spacial score (nSPS) is 15.0. The van der Waals surface area contributed by atoms with E-state index < -0.39 is 4.87 Å². The van der Waals surface area contributed by atoms with Crippen molar-refractivity contribution in [2.45, 2.75) is 11.8 Å². The number of halogens is 1. The molecule has 0 radical (unpaired) electrons. The van der Waals surface area contributed by atoms with Crippen LogP contribution in [-0.4, -0.2) is 20.9 Å². The summed E-state index contributed by atoms with van der Waals surface area (Å²) in [6.45, 7) is 2.11. The van der Waals surface area contributed by atoms with E-state index >= 15 is 0 Å². The van der Waals surface area contributed by atoms with Crippen LogP contribution in [0, 0.1) is 6.92 Å². The summed E-state index contributed by atoms with van der Waals surface area (Å²) in [5, 5.41) is 0. The molecule has 0 N–H and O–H groups in total. The average molecular weight is 418 g/mol. The van der Waals surface area contributed by atoms with E-state index in [1.807, 2.05) is 0 Å². The van der Waals surface area contributed by atoms with Gasteiger partial charge in [0, 0.05) is 0 Å². The SMILES string of the molecule is Cc1ccc(C2(Cl)c3ccccc3[Te]c3ccccc32)cc1. The van der Waals surface area contributed by atoms with E-state index in [-0.39, 0.29) is 20.9 Å². The van der Waals surface area contributed by atoms with Crippen molar-refractivity contribution in [1.29, 1.82) is 0 Å². The molecule has 0 bridgehead atoms. The Hall–Kier alpha value is -1.26. The quantitative estimate of drug-likeness (QED) is 0.419. The number of hydrogen-bond acceptors (Lipinski definition) is 0. The zero-order valence-corrected chi connectivity index (χ0v) is 15.3. The third-order valence-electron chi connectivity index (χ3n) is 4.19. The van der Waals surface area contributed by atoms with Crippen molar-refractivity contribution in [3.05, 3.63) is 95.1 Å². The van der Waals surface area contributed by atoms with E-state index in [0.29, 0.717) is 0 Å². The fraction of sp³-hybridized carbons (Fsp3) is 0.100. The van der Waals surface area contributed by atoms with Crippen molar-refractivity contribution >= 4 is 39.7 Å². The van der Waals surface area contributed by atoms with Crippen LogP contribution >= 0.6 is 11.6 Å². The Morgan fingerprint density at radius 2 is 1.23 bits per heavy atom. The summed E-state index contributed by atoms with van der Waals surface area (Å²) in [4.78, 5) is -0.566. The predicted octanol–water partition coefficient (Wildman–Crippen LogP) is 3.49. The third-order valence-corrected chi connectivity index (χ3v) is 8.10. The van der Waals surface area contributed by atoms with Gasteiger partial charge in [0.05, 0.1) is 0 Å². The van der Waals surface area contributed by atoms with E-state index in [4.69, 9.17) is 11.6 Å². The molecule has 0 aliphatic carbocycles. The molecule has 0 amide bonds. The Morgan fingerprint density at radius 1 is 0.727 bits per heavy atom. The molecule has 1 heterocycles. The first-order valence-corrected chi connectivity index (χ1v) is 10.0. The molecule has 3 aromatic rings. The molecule has 0 spiro atoms. The predicted molar refractivity (Wildman–Crippen MR) is 94.8 cm³/mol. The number of alkyl halides is 1. The molecule has 1 aliphatic rings. The molecule has 0 atom stereocenters. The molecule has 0 saturated heterocycles. The monoisotopic (exact) mass is 420 g/mol. The van der Waals surface area contributed by atoms with Gasteiger partial charge in [-0.2, -0.15) is 0 Å². The minimum atomic E-state index is -0.566. The van der Waals surface area contributed by atoms with E-state index in [2.05, 4.69) is 79.7 Å². The first-order chi connectivity index (χ1) is 10.7. The number of benzene rings is 3. The molecule has 0 unspecified atom stereocenters. The van der Waals surface area contributed by atoms with Crippen LogP contribution in [0.25, 0.3) is 0 Å². The molecular weight excluding hydrogens is 403 g/mol.